The van der Waals surface area contributed by atoms with Crippen molar-refractivity contribution in [2.75, 3.05) is 19.8 Å². The Labute approximate surface area is 194 Å². The van der Waals surface area contributed by atoms with E-state index in [1.54, 1.807) is 11.8 Å². The fraction of sp³-hybridized carbons (Fsp3) is 0.708. The fourth-order valence-electron chi connectivity index (χ4n) is 5.74. The lowest BCUT2D eigenvalue weighted by Crippen LogP contribution is -2.59. The molecule has 0 aliphatic carbocycles. The number of nitrogens with zero attached hydrogens (tertiary/aromatic N) is 2. The van der Waals surface area contributed by atoms with Crippen LogP contribution >= 0.6 is 11.8 Å². The molecule has 7 nitrogen and oxygen atoms in total. The van der Waals surface area contributed by atoms with Gasteiger partial charge in [-0.15, -0.1) is 11.8 Å². The van der Waals surface area contributed by atoms with Crippen LogP contribution in [0.1, 0.15) is 47.5 Å². The minimum Gasteiger partial charge on any atom is -0.465 e. The first-order valence-corrected chi connectivity index (χ1v) is 12.3. The molecule has 0 aromatic carbocycles. The maximum absolute atomic E-state index is 14.0. The summed E-state index contributed by atoms with van der Waals surface area (Å²) >= 11 is 1.53. The number of amides is 2. The molecule has 32 heavy (non-hydrogen) atoms. The van der Waals surface area contributed by atoms with Gasteiger partial charge in [0.1, 0.15) is 6.04 Å². The third-order valence-corrected chi connectivity index (χ3v) is 9.03. The van der Waals surface area contributed by atoms with Crippen LogP contribution in [0.25, 0.3) is 0 Å². The number of aliphatic hydroxyl groups excluding tert-OH is 1. The van der Waals surface area contributed by atoms with Crippen LogP contribution in [0.2, 0.25) is 0 Å². The summed E-state index contributed by atoms with van der Waals surface area (Å²) in [6.07, 6.45) is 9.60. The Morgan fingerprint density at radius 1 is 1.19 bits per heavy atom. The molecule has 2 amide bonds. The van der Waals surface area contributed by atoms with E-state index in [2.05, 4.69) is 6.08 Å². The molecule has 1 spiro atoms. The number of rotatable bonds is 2. The van der Waals surface area contributed by atoms with Gasteiger partial charge < -0.3 is 19.6 Å². The zero-order valence-electron chi connectivity index (χ0n) is 19.5. The lowest BCUT2D eigenvalue weighted by atomic mass is 9.74. The van der Waals surface area contributed by atoms with E-state index in [-0.39, 0.29) is 24.4 Å². The number of hydrogen-bond donors (Lipinski definition) is 1. The number of carbonyl (C=O) groups excluding carboxylic acids is 3. The van der Waals surface area contributed by atoms with E-state index in [1.165, 1.54) is 16.7 Å². The molecule has 8 heteroatoms. The van der Waals surface area contributed by atoms with Gasteiger partial charge in [-0.05, 0) is 47.5 Å². The van der Waals surface area contributed by atoms with E-state index in [1.807, 2.05) is 45.9 Å². The van der Waals surface area contributed by atoms with Crippen molar-refractivity contribution in [2.24, 2.45) is 11.8 Å². The molecule has 2 fully saturated rings. The maximum Gasteiger partial charge on any atom is 0.311 e. The van der Waals surface area contributed by atoms with Crippen molar-refractivity contribution in [3.05, 3.63) is 24.3 Å². The van der Waals surface area contributed by atoms with Crippen molar-refractivity contribution >= 4 is 29.5 Å². The highest BCUT2D eigenvalue weighted by atomic mass is 32.2. The van der Waals surface area contributed by atoms with Crippen LogP contribution in [0.3, 0.4) is 0 Å². The fourth-order valence-corrected chi connectivity index (χ4v) is 7.88. The Kier molecular flexibility index (Phi) is 5.77. The third-order valence-electron chi connectivity index (χ3n) is 7.24. The highest BCUT2D eigenvalue weighted by molar-refractivity contribution is 8.02. The minimum atomic E-state index is -0.903. The predicted octanol–water partition coefficient (Wildman–Crippen LogP) is 2.14. The molecule has 4 rings (SSSR count). The maximum atomic E-state index is 14.0. The zero-order valence-corrected chi connectivity index (χ0v) is 20.4. The zero-order chi connectivity index (χ0) is 23.5. The molecule has 0 aromatic rings. The second kappa shape index (κ2) is 7.90. The van der Waals surface area contributed by atoms with Gasteiger partial charge >= 0.3 is 5.97 Å². The molecule has 0 radical (unpaired) electrons. The van der Waals surface area contributed by atoms with E-state index >= 15 is 0 Å². The number of hydrogen-bond acceptors (Lipinski definition) is 6. The topological polar surface area (TPSA) is 87.2 Å². The molecule has 2 saturated heterocycles. The summed E-state index contributed by atoms with van der Waals surface area (Å²) in [5, 5.41) is 9.95. The lowest BCUT2D eigenvalue weighted by Gasteiger charge is -2.42. The molecular formula is C24H34N2O5S. The summed E-state index contributed by atoms with van der Waals surface area (Å²) in [5.74, 6) is -2.20. The van der Waals surface area contributed by atoms with Crippen LogP contribution in [0.15, 0.2) is 24.3 Å². The third kappa shape index (κ3) is 3.33. The number of aliphatic hydroxyl groups is 1. The molecule has 0 saturated carbocycles. The number of thioether (sulfide) groups is 1. The van der Waals surface area contributed by atoms with Crippen LogP contribution in [-0.4, -0.2) is 79.6 Å². The molecule has 4 aliphatic rings. The van der Waals surface area contributed by atoms with E-state index in [9.17, 15) is 19.5 Å². The van der Waals surface area contributed by atoms with Crippen molar-refractivity contribution in [1.82, 2.24) is 9.80 Å². The van der Waals surface area contributed by atoms with E-state index in [0.717, 1.165) is 12.8 Å². The Morgan fingerprint density at radius 2 is 1.91 bits per heavy atom. The molecule has 4 heterocycles. The predicted molar refractivity (Wildman–Crippen MR) is 123 cm³/mol. The van der Waals surface area contributed by atoms with Gasteiger partial charge in [0.2, 0.25) is 11.8 Å². The minimum absolute atomic E-state index is 0.140. The molecule has 1 unspecified atom stereocenters. The summed E-state index contributed by atoms with van der Waals surface area (Å²) in [6.45, 7) is 10.2. The molecule has 0 bridgehead atoms. The highest BCUT2D eigenvalue weighted by Gasteiger charge is 2.74. The van der Waals surface area contributed by atoms with Crippen molar-refractivity contribution in [3.63, 3.8) is 0 Å². The average molecular weight is 463 g/mol. The van der Waals surface area contributed by atoms with Crippen molar-refractivity contribution < 1.29 is 24.2 Å². The van der Waals surface area contributed by atoms with Gasteiger partial charge in [-0.1, -0.05) is 24.3 Å². The Bertz CT molecular complexity index is 880. The summed E-state index contributed by atoms with van der Waals surface area (Å²) in [6, 6.07) is -1.33. The number of fused-ring (bicyclic) bond motifs is 2. The van der Waals surface area contributed by atoms with Gasteiger partial charge in [-0.25, -0.2) is 0 Å². The molecule has 176 valence electrons. The van der Waals surface area contributed by atoms with Gasteiger partial charge in [0, 0.05) is 16.8 Å². The Morgan fingerprint density at radius 3 is 2.56 bits per heavy atom. The summed E-state index contributed by atoms with van der Waals surface area (Å²) in [7, 11) is 0. The monoisotopic (exact) mass is 462 g/mol. The summed E-state index contributed by atoms with van der Waals surface area (Å²) in [5.41, 5.74) is -0.437. The number of likely N-dealkylation sites (tertiary alicyclic amines) is 1. The van der Waals surface area contributed by atoms with Gasteiger partial charge in [-0.2, -0.15) is 0 Å². The van der Waals surface area contributed by atoms with E-state index in [0.29, 0.717) is 13.2 Å². The standard InChI is InChI=1S/C24H34N2O5S/c1-15(14-27)26-18-20(29)25(22(2,3)4)12-9-11-24(18)16(19(26)28)17-21(30)31-13-8-6-7-10-23(17,5)32-24/h7,9-11,15-18,27H,6,8,12-14H2,1-5H3/b10-7-/t15-,16+,17+,18?,23-,24+/m1/s1. The largest absolute Gasteiger partial charge is 0.465 e. The average Bonchev–Trinajstić information content (AvgIpc) is 3.06. The highest BCUT2D eigenvalue weighted by Crippen LogP contribution is 2.65. The SMILES string of the molecule is C[C@H](CO)N1C(=O)[C@@H]2[C@H]3C(=O)OCCC/C=C\[C@@]3(C)S[C@@]23C=CCN(C(C)(C)C)C(=O)C13. The van der Waals surface area contributed by atoms with Crippen molar-refractivity contribution in [1.29, 1.82) is 0 Å². The smallest absolute Gasteiger partial charge is 0.311 e. The molecule has 4 aliphatic heterocycles. The molecule has 0 aromatic heterocycles. The second-order valence-electron chi connectivity index (χ2n) is 10.5. The summed E-state index contributed by atoms with van der Waals surface area (Å²) < 4.78 is 4.02. The van der Waals surface area contributed by atoms with Gasteiger partial charge in [0.15, 0.2) is 0 Å². The number of allylic oxidation sites excluding steroid dienone is 1. The number of ether oxygens (including phenoxy) is 1. The van der Waals surface area contributed by atoms with Crippen LogP contribution in [0.5, 0.6) is 0 Å². The van der Waals surface area contributed by atoms with Gasteiger partial charge in [0.05, 0.1) is 35.8 Å². The van der Waals surface area contributed by atoms with E-state index < -0.39 is 39.0 Å². The van der Waals surface area contributed by atoms with Crippen LogP contribution in [-0.2, 0) is 19.1 Å². The lowest BCUT2D eigenvalue weighted by molar-refractivity contribution is -0.154. The van der Waals surface area contributed by atoms with Crippen LogP contribution < -0.4 is 0 Å². The van der Waals surface area contributed by atoms with Gasteiger partial charge in [-0.3, -0.25) is 14.4 Å². The summed E-state index contributed by atoms with van der Waals surface area (Å²) in [4.78, 5) is 44.6. The van der Waals surface area contributed by atoms with Gasteiger partial charge in [0.25, 0.3) is 0 Å². The number of cyclic esters (lactones) is 1. The van der Waals surface area contributed by atoms with Crippen molar-refractivity contribution in [3.8, 4) is 0 Å². The van der Waals surface area contributed by atoms with Crippen LogP contribution in [0.4, 0.5) is 0 Å². The normalized spacial score (nSPS) is 39.3. The second-order valence-corrected chi connectivity index (χ2v) is 12.3. The van der Waals surface area contributed by atoms with Crippen molar-refractivity contribution in [2.45, 2.75) is 74.6 Å². The quantitative estimate of drug-likeness (QED) is 0.500. The Balaban J connectivity index is 1.91. The van der Waals surface area contributed by atoms with Crippen LogP contribution in [0, 0.1) is 11.8 Å². The first-order valence-electron chi connectivity index (χ1n) is 11.4. The molecule has 1 N–H and O–H groups in total. The number of esters is 1. The first-order chi connectivity index (χ1) is 15.0. The first kappa shape index (κ1) is 23.4. The Hall–Kier alpha value is -1.80. The van der Waals surface area contributed by atoms with E-state index in [4.69, 9.17) is 4.74 Å². The molecular weight excluding hydrogens is 428 g/mol. The number of carbonyl (C=O) groups is 3. The molecule has 6 atom stereocenters.